The molecule has 11 heteroatoms. The summed E-state index contributed by atoms with van der Waals surface area (Å²) in [6.07, 6.45) is 0.266. The van der Waals surface area contributed by atoms with Gasteiger partial charge in [0, 0.05) is 13.1 Å². The number of carbonyl (C=O) groups is 2. The van der Waals surface area contributed by atoms with E-state index in [9.17, 15) is 22.2 Å². The summed E-state index contributed by atoms with van der Waals surface area (Å²) in [5, 5.41) is 0. The molecule has 0 heterocycles. The second kappa shape index (κ2) is 9.20. The van der Waals surface area contributed by atoms with Crippen molar-refractivity contribution in [1.29, 1.82) is 0 Å². The van der Waals surface area contributed by atoms with Crippen molar-refractivity contribution in [2.75, 3.05) is 5.75 Å². The number of nitrogens with zero attached hydrogens (tertiary/aromatic N) is 2. The zero-order valence-electron chi connectivity index (χ0n) is 11.3. The molecule has 0 aliphatic carbocycles. The normalized spacial score (nSPS) is 12.9. The van der Waals surface area contributed by atoms with Gasteiger partial charge in [-0.25, -0.2) is 27.1 Å². The van der Waals surface area contributed by atoms with E-state index in [2.05, 4.69) is 33.4 Å². The van der Waals surface area contributed by atoms with Crippen LogP contribution in [0.3, 0.4) is 0 Å². The largest absolute Gasteiger partial charge is 0.353 e. The van der Waals surface area contributed by atoms with Gasteiger partial charge in [0.15, 0.2) is 9.89 Å². The molecule has 0 aliphatic heterocycles. The molecule has 0 aromatic heterocycles. The molecule has 1 unspecified atom stereocenters. The molecule has 9 nitrogen and oxygen atoms in total. The SMILES string of the molecule is C=NC(=O)NS(=O)(=O)CC.C=NS(=C)(=O)NC(=O)CC. The molecule has 3 amide bonds. The number of hydrogen-bond acceptors (Lipinski definition) is 5. The van der Waals surface area contributed by atoms with Crippen molar-refractivity contribution in [3.05, 3.63) is 0 Å². The maximum absolute atomic E-state index is 10.9. The summed E-state index contributed by atoms with van der Waals surface area (Å²) in [7, 11) is -6.28. The van der Waals surface area contributed by atoms with Crippen molar-refractivity contribution in [3.63, 3.8) is 0 Å². The highest BCUT2D eigenvalue weighted by molar-refractivity contribution is 7.97. The van der Waals surface area contributed by atoms with Crippen LogP contribution in [0.15, 0.2) is 9.39 Å². The molecule has 0 saturated heterocycles. The first-order chi connectivity index (χ1) is 9.03. The lowest BCUT2D eigenvalue weighted by Gasteiger charge is -2.02. The summed E-state index contributed by atoms with van der Waals surface area (Å²) in [5.74, 6) is 2.66. The van der Waals surface area contributed by atoms with Gasteiger partial charge in [-0.2, -0.15) is 4.40 Å². The van der Waals surface area contributed by atoms with Gasteiger partial charge < -0.3 is 0 Å². The molecule has 0 fully saturated rings. The molecule has 116 valence electrons. The van der Waals surface area contributed by atoms with Crippen molar-refractivity contribution in [3.8, 4) is 0 Å². The van der Waals surface area contributed by atoms with E-state index in [-0.39, 0.29) is 18.1 Å². The highest BCUT2D eigenvalue weighted by Crippen LogP contribution is 1.84. The second-order valence-corrected chi connectivity index (χ2v) is 6.87. The molecule has 20 heavy (non-hydrogen) atoms. The van der Waals surface area contributed by atoms with Crippen LogP contribution >= 0.6 is 0 Å². The van der Waals surface area contributed by atoms with Gasteiger partial charge in [-0.3, -0.25) is 9.52 Å². The molecule has 1 atom stereocenters. The lowest BCUT2D eigenvalue weighted by molar-refractivity contribution is -0.118. The fraction of sp³-hybridized carbons (Fsp3) is 0.444. The lowest BCUT2D eigenvalue weighted by atomic mass is 10.5. The molecule has 0 rings (SSSR count). The van der Waals surface area contributed by atoms with E-state index < -0.39 is 25.9 Å². The summed E-state index contributed by atoms with van der Waals surface area (Å²) in [4.78, 5) is 23.7. The predicted octanol–water partition coefficient (Wildman–Crippen LogP) is -0.494. The van der Waals surface area contributed by atoms with Gasteiger partial charge >= 0.3 is 6.03 Å². The fourth-order valence-corrected chi connectivity index (χ4v) is 1.56. The molecule has 0 spiro atoms. The van der Waals surface area contributed by atoms with Gasteiger partial charge in [-0.05, 0) is 19.5 Å². The van der Waals surface area contributed by atoms with Crippen LogP contribution in [-0.4, -0.2) is 49.6 Å². The van der Waals surface area contributed by atoms with Crippen molar-refractivity contribution in [2.24, 2.45) is 9.39 Å². The van der Waals surface area contributed by atoms with E-state index in [0.717, 1.165) is 0 Å². The van der Waals surface area contributed by atoms with Crippen LogP contribution in [0.2, 0.25) is 0 Å². The number of sulfonamides is 1. The quantitative estimate of drug-likeness (QED) is 0.519. The Hall–Kier alpha value is -1.75. The molecule has 0 bridgehead atoms. The Bertz CT molecular complexity index is 565. The molecule has 2 N–H and O–H groups in total. The molecular weight excluding hydrogens is 308 g/mol. The van der Waals surface area contributed by atoms with Gasteiger partial charge in [-0.15, -0.1) is 0 Å². The number of amides is 3. The number of urea groups is 1. The van der Waals surface area contributed by atoms with Crippen LogP contribution < -0.4 is 9.44 Å². The van der Waals surface area contributed by atoms with Crippen molar-refractivity contribution in [1.82, 2.24) is 9.44 Å². The van der Waals surface area contributed by atoms with Gasteiger partial charge in [0.2, 0.25) is 15.9 Å². The summed E-state index contributed by atoms with van der Waals surface area (Å²) < 4.78 is 38.9. The van der Waals surface area contributed by atoms with Crippen LogP contribution in [0.4, 0.5) is 4.79 Å². The van der Waals surface area contributed by atoms with Gasteiger partial charge in [-0.1, -0.05) is 6.92 Å². The van der Waals surface area contributed by atoms with E-state index in [1.165, 1.54) is 6.92 Å². The Labute approximate surface area is 118 Å². The lowest BCUT2D eigenvalue weighted by Crippen LogP contribution is -2.29. The van der Waals surface area contributed by atoms with Gasteiger partial charge in [0.05, 0.1) is 5.75 Å². The minimum Gasteiger partial charge on any atom is -0.274 e. The zero-order chi connectivity index (χ0) is 16.4. The first kappa shape index (κ1) is 20.6. The highest BCUT2D eigenvalue weighted by atomic mass is 32.2. The average Bonchev–Trinajstić information content (AvgIpc) is 2.38. The standard InChI is InChI=1S/C5H10N2O2S.C4H8N2O3S/c1-4-5(8)7-10(3,9)6-2;1-3-10(8,9)6-4(7)5-2/h2-4H2,1H3,(H,7,8,9);2-3H2,1H3,(H,6,7). The van der Waals surface area contributed by atoms with Crippen molar-refractivity contribution in [2.45, 2.75) is 20.3 Å². The van der Waals surface area contributed by atoms with Crippen molar-refractivity contribution < 1.29 is 22.2 Å². The Balaban J connectivity index is 0. The van der Waals surface area contributed by atoms with Crippen LogP contribution in [0.25, 0.3) is 0 Å². The third-order valence-corrected chi connectivity index (χ3v) is 3.78. The average molecular weight is 326 g/mol. The van der Waals surface area contributed by atoms with Crippen LogP contribution in [0.1, 0.15) is 20.3 Å². The summed E-state index contributed by atoms with van der Waals surface area (Å²) in [6, 6.07) is -0.943. The first-order valence-electron chi connectivity index (χ1n) is 5.20. The highest BCUT2D eigenvalue weighted by Gasteiger charge is 2.08. The molecule has 0 aromatic rings. The topological polar surface area (TPSA) is 134 Å². The number of hydrogen-bond donors (Lipinski definition) is 2. The Kier molecular flexibility index (Phi) is 9.46. The maximum Gasteiger partial charge on any atom is 0.353 e. The second-order valence-electron chi connectivity index (χ2n) is 3.12. The Morgan fingerprint density at radius 3 is 1.90 bits per heavy atom. The summed E-state index contributed by atoms with van der Waals surface area (Å²) in [5.41, 5.74) is 0. The third kappa shape index (κ3) is 11.3. The minimum atomic E-state index is -3.46. The van der Waals surface area contributed by atoms with Crippen LogP contribution in [-0.2, 0) is 24.7 Å². The summed E-state index contributed by atoms with van der Waals surface area (Å²) in [6.45, 7) is 8.93. The predicted molar refractivity (Wildman–Crippen MR) is 80.8 cm³/mol. The number of aliphatic imine (C=N–C) groups is 1. The summed E-state index contributed by atoms with van der Waals surface area (Å²) >= 11 is 0. The number of nitrogens with one attached hydrogen (secondary N) is 2. The van der Waals surface area contributed by atoms with Crippen molar-refractivity contribution >= 4 is 51.2 Å². The third-order valence-electron chi connectivity index (χ3n) is 1.57. The smallest absolute Gasteiger partial charge is 0.274 e. The fourth-order valence-electron chi connectivity index (χ4n) is 0.520. The molecule has 0 aliphatic rings. The van der Waals surface area contributed by atoms with E-state index in [1.54, 1.807) is 11.6 Å². The monoisotopic (exact) mass is 326 g/mol. The zero-order valence-corrected chi connectivity index (χ0v) is 12.9. The van der Waals surface area contributed by atoms with Crippen LogP contribution in [0.5, 0.6) is 0 Å². The first-order valence-corrected chi connectivity index (χ1v) is 8.54. The molecule has 0 aromatic carbocycles. The Morgan fingerprint density at radius 1 is 1.10 bits per heavy atom. The van der Waals surface area contributed by atoms with E-state index in [4.69, 9.17) is 0 Å². The van der Waals surface area contributed by atoms with Gasteiger partial charge in [0.1, 0.15) is 0 Å². The van der Waals surface area contributed by atoms with E-state index in [0.29, 0.717) is 0 Å². The molecule has 0 saturated carbocycles. The maximum atomic E-state index is 10.9. The van der Waals surface area contributed by atoms with E-state index in [1.807, 2.05) is 0 Å². The van der Waals surface area contributed by atoms with Gasteiger partial charge in [0.25, 0.3) is 0 Å². The van der Waals surface area contributed by atoms with Crippen LogP contribution in [0, 0.1) is 0 Å². The number of rotatable bonds is 5. The molecular formula is C9H18N4O5S2. The number of carbonyl (C=O) groups excluding carboxylic acids is 2. The van der Waals surface area contributed by atoms with E-state index >= 15 is 0 Å². The Morgan fingerprint density at radius 2 is 1.60 bits per heavy atom. The minimum absolute atomic E-state index is 0.145. The molecule has 0 radical (unpaired) electrons.